The molecule has 0 aliphatic carbocycles. The van der Waals surface area contributed by atoms with Crippen LogP contribution in [0.4, 0.5) is 9.59 Å². The number of nitrogens with one attached hydrogen (secondary N) is 6. The number of amides is 6. The summed E-state index contributed by atoms with van der Waals surface area (Å²) >= 11 is 0. The number of carbonyl (C=O) groups is 5. The molecule has 15 heteroatoms. The summed E-state index contributed by atoms with van der Waals surface area (Å²) in [5.41, 5.74) is 4.86. The number of para-hydroxylation sites is 2. The molecule has 7 rings (SSSR count). The molecule has 3 atom stereocenters. The predicted octanol–water partition coefficient (Wildman–Crippen LogP) is 3.87. The molecule has 4 heterocycles. The summed E-state index contributed by atoms with van der Waals surface area (Å²) in [7, 11) is 0. The monoisotopic (exact) mass is 753 g/mol. The van der Waals surface area contributed by atoms with E-state index in [2.05, 4.69) is 41.3 Å². The fraction of sp³-hybridized carbons (Fsp3) is 0.195. The van der Waals surface area contributed by atoms with Crippen LogP contribution in [0.5, 0.6) is 0 Å². The van der Waals surface area contributed by atoms with Gasteiger partial charge in [-0.05, 0) is 52.9 Å². The molecule has 0 saturated carbocycles. The zero-order valence-electron chi connectivity index (χ0n) is 30.1. The smallest absolute Gasteiger partial charge is 0.408 e. The zero-order valence-corrected chi connectivity index (χ0v) is 30.1. The number of urea groups is 1. The highest BCUT2D eigenvalue weighted by Crippen LogP contribution is 2.21. The number of hydrogen-bond donors (Lipinski definition) is 6. The van der Waals surface area contributed by atoms with Crippen molar-refractivity contribution < 1.29 is 28.7 Å². The molecular weight excluding hydrogens is 715 g/mol. The van der Waals surface area contributed by atoms with Gasteiger partial charge < -0.3 is 30.7 Å². The molecule has 0 radical (unpaired) electrons. The Balaban J connectivity index is 1.16. The number of alkyl carbamates (subject to hydrolysis) is 1. The zero-order chi connectivity index (χ0) is 38.9. The van der Waals surface area contributed by atoms with Crippen molar-refractivity contribution in [3.8, 4) is 0 Å². The van der Waals surface area contributed by atoms with Gasteiger partial charge in [-0.15, -0.1) is 0 Å². The van der Waals surface area contributed by atoms with Crippen molar-refractivity contribution in [2.24, 2.45) is 5.10 Å². The third-order valence-corrected chi connectivity index (χ3v) is 9.34. The van der Waals surface area contributed by atoms with Crippen LogP contribution >= 0.6 is 0 Å². The standard InChI is InChI=1S/C41H39N9O6/c51-37-24-50(40(54)49-37)45-23-30(18-26-8-2-1-3-9-26)46-38(52)35(19-28-21-43-33-12-6-4-10-31(28)33)47-39(53)36(20-29-22-44-34-13-7-5-11-32(29)34)48-41(55)56-25-27-14-16-42-17-15-27/h1-17,21-23,30,35-36,43-44H,18-20,24-25H2,(H,46,52)(H,47,53)(H,48,55)(H,49,51,54)/b45-23+/t30-,35-,36-/m0/s1. The molecule has 3 aromatic carbocycles. The number of benzene rings is 3. The van der Waals surface area contributed by atoms with Crippen molar-refractivity contribution in [2.75, 3.05) is 6.54 Å². The summed E-state index contributed by atoms with van der Waals surface area (Å²) in [5, 5.41) is 17.8. The number of carbonyl (C=O) groups excluding carboxylic acids is 5. The summed E-state index contributed by atoms with van der Waals surface area (Å²) in [6.45, 7) is -0.296. The molecule has 1 saturated heterocycles. The Kier molecular flexibility index (Phi) is 11.4. The number of fused-ring (bicyclic) bond motifs is 2. The van der Waals surface area contributed by atoms with E-state index in [-0.39, 0.29) is 26.0 Å². The van der Waals surface area contributed by atoms with E-state index < -0.39 is 48.0 Å². The largest absolute Gasteiger partial charge is 0.445 e. The number of hydrogen-bond acceptors (Lipinski definition) is 8. The van der Waals surface area contributed by atoms with E-state index in [1.807, 2.05) is 78.9 Å². The van der Waals surface area contributed by atoms with E-state index in [1.54, 1.807) is 36.9 Å². The second-order valence-electron chi connectivity index (χ2n) is 13.3. The maximum atomic E-state index is 14.4. The van der Waals surface area contributed by atoms with Crippen LogP contribution in [0.15, 0.2) is 121 Å². The molecule has 3 aromatic heterocycles. The van der Waals surface area contributed by atoms with Gasteiger partial charge in [0.2, 0.25) is 17.7 Å². The number of H-pyrrole nitrogens is 2. The molecule has 15 nitrogen and oxygen atoms in total. The predicted molar refractivity (Wildman–Crippen MR) is 208 cm³/mol. The highest BCUT2D eigenvalue weighted by Gasteiger charge is 2.31. The summed E-state index contributed by atoms with van der Waals surface area (Å²) in [5.74, 6) is -1.64. The van der Waals surface area contributed by atoms with Crippen molar-refractivity contribution in [2.45, 2.75) is 44.0 Å². The van der Waals surface area contributed by atoms with Crippen molar-refractivity contribution in [1.29, 1.82) is 0 Å². The fourth-order valence-corrected chi connectivity index (χ4v) is 6.52. The van der Waals surface area contributed by atoms with Crippen LogP contribution in [0.1, 0.15) is 22.3 Å². The molecule has 1 fully saturated rings. The van der Waals surface area contributed by atoms with Crippen LogP contribution in [0.3, 0.4) is 0 Å². The Morgan fingerprint density at radius 3 is 1.95 bits per heavy atom. The highest BCUT2D eigenvalue weighted by molar-refractivity contribution is 6.02. The van der Waals surface area contributed by atoms with E-state index in [0.717, 1.165) is 43.5 Å². The van der Waals surface area contributed by atoms with Gasteiger partial charge in [-0.3, -0.25) is 24.7 Å². The lowest BCUT2D eigenvalue weighted by Gasteiger charge is -2.25. The summed E-state index contributed by atoms with van der Waals surface area (Å²) in [6.07, 6.45) is 7.80. The third-order valence-electron chi connectivity index (χ3n) is 9.34. The molecule has 1 aliphatic rings. The lowest BCUT2D eigenvalue weighted by molar-refractivity contribution is -0.130. The molecule has 0 unspecified atom stereocenters. The molecule has 0 spiro atoms. The first kappa shape index (κ1) is 37.0. The van der Waals surface area contributed by atoms with Crippen molar-refractivity contribution in [3.05, 3.63) is 138 Å². The van der Waals surface area contributed by atoms with Gasteiger partial charge in [-0.25, -0.2) is 14.6 Å². The Hall–Kier alpha value is -7.29. The minimum absolute atomic E-state index is 0.0427. The Bertz CT molecular complexity index is 2380. The maximum Gasteiger partial charge on any atom is 0.408 e. The van der Waals surface area contributed by atoms with Gasteiger partial charge in [0, 0.05) is 65.6 Å². The van der Waals surface area contributed by atoms with Gasteiger partial charge in [0.05, 0.1) is 6.04 Å². The molecule has 6 aromatic rings. The Labute approximate surface area is 320 Å². The number of nitrogens with zero attached hydrogens (tertiary/aromatic N) is 3. The van der Waals surface area contributed by atoms with E-state index >= 15 is 0 Å². The average Bonchev–Trinajstić information content (AvgIpc) is 3.92. The summed E-state index contributed by atoms with van der Waals surface area (Å²) in [6, 6.07) is 24.3. The van der Waals surface area contributed by atoms with Crippen LogP contribution in [0.25, 0.3) is 21.8 Å². The van der Waals surface area contributed by atoms with Crippen LogP contribution in [-0.4, -0.2) is 80.7 Å². The van der Waals surface area contributed by atoms with E-state index in [4.69, 9.17) is 4.74 Å². The van der Waals surface area contributed by atoms with Gasteiger partial charge >= 0.3 is 12.1 Å². The van der Waals surface area contributed by atoms with Gasteiger partial charge in [0.1, 0.15) is 25.2 Å². The Morgan fingerprint density at radius 1 is 0.732 bits per heavy atom. The molecular formula is C41H39N9O6. The van der Waals surface area contributed by atoms with Crippen molar-refractivity contribution >= 4 is 57.9 Å². The summed E-state index contributed by atoms with van der Waals surface area (Å²) in [4.78, 5) is 76.4. The van der Waals surface area contributed by atoms with Gasteiger partial charge in [0.25, 0.3) is 0 Å². The van der Waals surface area contributed by atoms with E-state index in [9.17, 15) is 24.0 Å². The number of ether oxygens (including phenoxy) is 1. The van der Waals surface area contributed by atoms with Crippen molar-refractivity contribution in [3.63, 3.8) is 0 Å². The molecule has 0 bridgehead atoms. The second-order valence-corrected chi connectivity index (χ2v) is 13.3. The number of aromatic nitrogens is 3. The first-order valence-electron chi connectivity index (χ1n) is 18.0. The molecule has 6 N–H and O–H groups in total. The molecule has 1 aliphatic heterocycles. The number of pyridine rings is 1. The average molecular weight is 754 g/mol. The topological polar surface area (TPSA) is 203 Å². The molecule has 56 heavy (non-hydrogen) atoms. The van der Waals surface area contributed by atoms with E-state index in [1.165, 1.54) is 6.21 Å². The quantitative estimate of drug-likeness (QED) is 0.0675. The van der Waals surface area contributed by atoms with Crippen LogP contribution in [0.2, 0.25) is 0 Å². The highest BCUT2D eigenvalue weighted by atomic mass is 16.5. The third kappa shape index (κ3) is 9.25. The molecule has 6 amide bonds. The maximum absolute atomic E-state index is 14.4. The SMILES string of the molecule is O=C1CN(/N=C/[C@H](Cc2ccccc2)NC(=O)[C@H](Cc2c[nH]c3ccccc23)NC(=O)[C@H](Cc2c[nH]c3ccccc23)NC(=O)OCc2ccncc2)C(=O)N1. The number of rotatable bonds is 15. The minimum atomic E-state index is -1.15. The van der Waals surface area contributed by atoms with Crippen molar-refractivity contribution in [1.82, 2.24) is 41.2 Å². The van der Waals surface area contributed by atoms with E-state index in [0.29, 0.717) is 12.0 Å². The van der Waals surface area contributed by atoms with Gasteiger partial charge in [-0.1, -0.05) is 66.7 Å². The first-order valence-corrected chi connectivity index (χ1v) is 18.0. The summed E-state index contributed by atoms with van der Waals surface area (Å²) < 4.78 is 5.48. The van der Waals surface area contributed by atoms with Crippen LogP contribution in [0, 0.1) is 0 Å². The first-order chi connectivity index (χ1) is 27.3. The number of hydrazone groups is 1. The van der Waals surface area contributed by atoms with Crippen LogP contribution < -0.4 is 21.3 Å². The van der Waals surface area contributed by atoms with Gasteiger partial charge in [-0.2, -0.15) is 5.10 Å². The molecule has 284 valence electrons. The minimum Gasteiger partial charge on any atom is -0.445 e. The Morgan fingerprint density at radius 2 is 1.32 bits per heavy atom. The lowest BCUT2D eigenvalue weighted by Crippen LogP contribution is -2.56. The second kappa shape index (κ2) is 17.2. The number of aromatic amines is 2. The lowest BCUT2D eigenvalue weighted by atomic mass is 10.0. The number of imide groups is 1. The fourth-order valence-electron chi connectivity index (χ4n) is 6.52. The van der Waals surface area contributed by atoms with Crippen LogP contribution in [-0.2, 0) is 45.0 Å². The normalized spacial score (nSPS) is 14.4. The van der Waals surface area contributed by atoms with Gasteiger partial charge in [0.15, 0.2) is 0 Å².